The van der Waals surface area contributed by atoms with Crippen molar-refractivity contribution >= 4 is 46.0 Å². The number of nitrogens with one attached hydrogen (secondary N) is 2. The van der Waals surface area contributed by atoms with Gasteiger partial charge in [-0.15, -0.1) is 34.0 Å². The molecule has 0 bridgehead atoms. The Bertz CT molecular complexity index is 286. The van der Waals surface area contributed by atoms with E-state index in [4.69, 9.17) is 11.1 Å². The van der Waals surface area contributed by atoms with Gasteiger partial charge in [-0.2, -0.15) is 0 Å². The highest BCUT2D eigenvalue weighted by molar-refractivity contribution is 8.93. The molecule has 2 N–H and O–H groups in total. The molecular weight excluding hydrogens is 599 g/mol. The van der Waals surface area contributed by atoms with Crippen LogP contribution in [0.5, 0.6) is 0 Å². The van der Waals surface area contributed by atoms with Crippen molar-refractivity contribution in [2.75, 3.05) is 0 Å². The van der Waals surface area contributed by atoms with Crippen molar-refractivity contribution in [3.63, 3.8) is 0 Å². The fourth-order valence-corrected chi connectivity index (χ4v) is 0.162. The maximum Gasteiger partial charge on any atom is 0.527 e. The minimum absolute atomic E-state index is 0. The lowest BCUT2D eigenvalue weighted by molar-refractivity contribution is -0.0999. The third-order valence-corrected chi connectivity index (χ3v) is 0.381. The average molecular weight is 606 g/mol. The summed E-state index contributed by atoms with van der Waals surface area (Å²) in [5, 5.41) is 0. The lowest BCUT2D eigenvalue weighted by Gasteiger charge is -1.25. The van der Waals surface area contributed by atoms with E-state index in [1.165, 1.54) is 12.3 Å². The first kappa shape index (κ1) is 44.6. The van der Waals surface area contributed by atoms with Crippen LogP contribution in [0.4, 0.5) is 0 Å². The van der Waals surface area contributed by atoms with Gasteiger partial charge in [-0.25, -0.2) is 0 Å². The molecule has 0 atom stereocenters. The quantitative estimate of drug-likeness (QED) is 0.169. The maximum absolute atomic E-state index is 6.17. The summed E-state index contributed by atoms with van der Waals surface area (Å²) < 4.78 is 0. The molecule has 0 radical (unpaired) electrons. The Kier molecular flexibility index (Phi) is 138. The topological polar surface area (TPSA) is 104 Å². The van der Waals surface area contributed by atoms with Gasteiger partial charge in [-0.3, -0.25) is 0 Å². The Hall–Kier alpha value is 0.840. The van der Waals surface area contributed by atoms with Crippen LogP contribution >= 0.6 is 34.0 Å². The van der Waals surface area contributed by atoms with Gasteiger partial charge < -0.3 is 67.9 Å². The monoisotopic (exact) mass is 600 g/mol. The number of rotatable bonds is 1. The van der Waals surface area contributed by atoms with Gasteiger partial charge in [0.2, 0.25) is 0 Å². The fourth-order valence-electron chi connectivity index (χ4n) is 0.162. The van der Waals surface area contributed by atoms with E-state index in [9.17, 15) is 0 Å². The molecule has 0 heterocycles. The third kappa shape index (κ3) is 52.3. The predicted molar refractivity (Wildman–Crippen MR) is 46.5 cm³/mol. The summed E-state index contributed by atoms with van der Waals surface area (Å²) in [6.45, 7) is 0. The van der Waals surface area contributed by atoms with E-state index < -0.39 is 0 Å². The van der Waals surface area contributed by atoms with Crippen LogP contribution in [0.2, 0.25) is 0 Å². The molecule has 0 unspecified atom stereocenters. The fraction of sp³-hybridized carbons (Fsp3) is 0. The molecule has 90 valence electrons. The lowest BCUT2D eigenvalue weighted by Crippen LogP contribution is -3.00. The van der Waals surface area contributed by atoms with Crippen molar-refractivity contribution in [1.82, 2.24) is 9.82 Å². The van der Waals surface area contributed by atoms with Crippen molar-refractivity contribution in [3.05, 3.63) is 6.08 Å². The van der Waals surface area contributed by atoms with Crippen molar-refractivity contribution in [2.24, 2.45) is 0 Å². The molecule has 15 heavy (non-hydrogen) atoms. The zero-order chi connectivity index (χ0) is 6.95. The maximum atomic E-state index is 6.17. The Morgan fingerprint density at radius 3 is 1.67 bits per heavy atom. The Morgan fingerprint density at radius 1 is 0.867 bits per heavy atom. The SMILES string of the molecule is Br.Br.N=[N+]=[N+]=C=CC=[N+]=[N+]=N.[Br-].[Br-].[Br-].[Br-]. The molecule has 0 saturated carbocycles. The van der Waals surface area contributed by atoms with Crippen LogP contribution < -0.4 is 77.7 Å². The molecule has 0 aromatic rings. The Labute approximate surface area is 149 Å². The largest absolute Gasteiger partial charge is 1.00 e. The van der Waals surface area contributed by atoms with E-state index in [1.54, 1.807) is 0 Å². The van der Waals surface area contributed by atoms with E-state index in [-0.39, 0.29) is 102 Å². The van der Waals surface area contributed by atoms with E-state index in [2.05, 4.69) is 25.3 Å². The summed E-state index contributed by atoms with van der Waals surface area (Å²) in [5.41, 5.74) is 12.3. The zero-order valence-electron chi connectivity index (χ0n) is 6.77. The van der Waals surface area contributed by atoms with E-state index in [0.29, 0.717) is 0 Å². The normalized spacial score (nSPS) is 2.67. The molecule has 0 aliphatic carbocycles. The van der Waals surface area contributed by atoms with Crippen LogP contribution in [-0.4, -0.2) is 21.7 Å². The average Bonchev–Trinajstić information content (AvgIpc) is 1.89. The van der Waals surface area contributed by atoms with Crippen LogP contribution in [0.25, 0.3) is 0 Å². The van der Waals surface area contributed by atoms with E-state index in [1.807, 2.05) is 0 Å². The van der Waals surface area contributed by atoms with Gasteiger partial charge in [0.15, 0.2) is 4.79 Å². The molecule has 12 heteroatoms. The number of halogens is 6. The molecule has 0 aromatic heterocycles. The smallest absolute Gasteiger partial charge is 0.527 e. The van der Waals surface area contributed by atoms with Crippen molar-refractivity contribution < 1.29 is 77.5 Å². The van der Waals surface area contributed by atoms with Gasteiger partial charge in [0, 0.05) is 0 Å². The summed E-state index contributed by atoms with van der Waals surface area (Å²) in [6, 6.07) is 0. The predicted octanol–water partition coefficient (Wildman–Crippen LogP) is -12.0. The van der Waals surface area contributed by atoms with Crippen molar-refractivity contribution in [3.8, 4) is 0 Å². The highest BCUT2D eigenvalue weighted by Crippen LogP contribution is 1.35. The second kappa shape index (κ2) is 46.2. The molecule has 0 aliphatic rings. The first-order valence-electron chi connectivity index (χ1n) is 1.95. The minimum Gasteiger partial charge on any atom is -1.00 e. The van der Waals surface area contributed by atoms with Crippen molar-refractivity contribution in [2.45, 2.75) is 0 Å². The van der Waals surface area contributed by atoms with Crippen LogP contribution in [-0.2, 0) is 0 Å². The number of nitrogens with zero attached hydrogens (tertiary/aromatic N) is 4. The third-order valence-electron chi connectivity index (χ3n) is 0.381. The summed E-state index contributed by atoms with van der Waals surface area (Å²) in [4.78, 5) is 11.5. The second-order valence-electron chi connectivity index (χ2n) is 0.860. The molecule has 0 fully saturated rings. The Balaban J connectivity index is -0.0000000213. The molecule has 0 spiro atoms. The highest BCUT2D eigenvalue weighted by atomic mass is 79.9. The van der Waals surface area contributed by atoms with Gasteiger partial charge in [-0.05, 0) is 0 Å². The first-order valence-corrected chi connectivity index (χ1v) is 1.95. The molecule has 0 rings (SSSR count). The molecule has 0 saturated heterocycles. The van der Waals surface area contributed by atoms with E-state index >= 15 is 0 Å². The summed E-state index contributed by atoms with van der Waals surface area (Å²) >= 11 is 0. The van der Waals surface area contributed by atoms with Gasteiger partial charge in [-0.1, -0.05) is 0 Å². The summed E-state index contributed by atoms with van der Waals surface area (Å²) in [5.74, 6) is 2.22. The number of hydrogen-bond acceptors (Lipinski definition) is 2. The molecular formula is C3H6Br6N6. The standard InChI is InChI=1S/C3H4N6.6BrH/c4-8-6-2-1-3-7-9-5;;;;;;/h1-2,4-5H;6*1H/q+4;;;;;;/p-4. The van der Waals surface area contributed by atoms with Crippen LogP contribution in [0, 0.1) is 11.1 Å². The summed E-state index contributed by atoms with van der Waals surface area (Å²) in [6.07, 6.45) is 2.50. The van der Waals surface area contributed by atoms with Crippen LogP contribution in [0.15, 0.2) is 6.08 Å². The zero-order valence-corrected chi connectivity index (χ0v) is 16.5. The minimum atomic E-state index is 0. The van der Waals surface area contributed by atoms with Crippen LogP contribution in [0.1, 0.15) is 0 Å². The van der Waals surface area contributed by atoms with Crippen molar-refractivity contribution in [1.29, 1.82) is 11.1 Å². The highest BCUT2D eigenvalue weighted by Gasteiger charge is 1.75. The second-order valence-corrected chi connectivity index (χ2v) is 0.860. The first-order chi connectivity index (χ1) is 4.41. The molecule has 0 aromatic carbocycles. The Morgan fingerprint density at radius 2 is 1.33 bits per heavy atom. The molecule has 0 aliphatic heterocycles. The van der Waals surface area contributed by atoms with E-state index in [0.717, 1.165) is 0 Å². The van der Waals surface area contributed by atoms with Gasteiger partial charge in [0.1, 0.15) is 6.08 Å². The lowest BCUT2D eigenvalue weighted by atomic mass is 10.7. The number of allylic oxidation sites excluding steroid dienone is 1. The summed E-state index contributed by atoms with van der Waals surface area (Å²) in [7, 11) is 0. The van der Waals surface area contributed by atoms with Gasteiger partial charge in [0.05, 0.1) is 0 Å². The van der Waals surface area contributed by atoms with Gasteiger partial charge >= 0.3 is 20.9 Å². The van der Waals surface area contributed by atoms with Gasteiger partial charge in [0.25, 0.3) is 16.9 Å². The van der Waals surface area contributed by atoms with Crippen LogP contribution in [0.3, 0.4) is 0 Å². The molecule has 6 nitrogen and oxygen atoms in total. The molecule has 0 amide bonds. The number of hydrogen-bond donors (Lipinski definition) is 2.